The fourth-order valence-corrected chi connectivity index (χ4v) is 2.32. The predicted molar refractivity (Wildman–Crippen MR) is 72.1 cm³/mol. The van der Waals surface area contributed by atoms with Crippen LogP contribution in [0.2, 0.25) is 0 Å². The zero-order chi connectivity index (χ0) is 13.7. The summed E-state index contributed by atoms with van der Waals surface area (Å²) in [6.45, 7) is 2.06. The normalized spacial score (nSPS) is 11.9. The quantitative estimate of drug-likeness (QED) is 0.845. The molecule has 0 amide bonds. The van der Waals surface area contributed by atoms with E-state index < -0.39 is 5.97 Å². The first-order chi connectivity index (χ1) is 9.24. The van der Waals surface area contributed by atoms with E-state index in [0.29, 0.717) is 5.82 Å². The third-order valence-electron chi connectivity index (χ3n) is 2.50. The zero-order valence-electron chi connectivity index (χ0n) is 10.7. The van der Waals surface area contributed by atoms with Crippen LogP contribution in [0.5, 0.6) is 0 Å². The minimum atomic E-state index is -0.550. The molecule has 0 aromatic carbocycles. The van der Waals surface area contributed by atoms with Crippen LogP contribution >= 0.6 is 11.3 Å². The van der Waals surface area contributed by atoms with Crippen LogP contribution in [-0.4, -0.2) is 28.0 Å². The van der Waals surface area contributed by atoms with Crippen molar-refractivity contribution < 1.29 is 9.53 Å². The zero-order valence-corrected chi connectivity index (χ0v) is 11.5. The highest BCUT2D eigenvalue weighted by molar-refractivity contribution is 7.09. The van der Waals surface area contributed by atoms with Gasteiger partial charge < -0.3 is 10.1 Å². The summed E-state index contributed by atoms with van der Waals surface area (Å²) in [7, 11) is 1.30. The van der Waals surface area contributed by atoms with E-state index in [0.717, 1.165) is 11.4 Å². The van der Waals surface area contributed by atoms with Gasteiger partial charge in [-0.1, -0.05) is 6.92 Å². The van der Waals surface area contributed by atoms with Gasteiger partial charge in [-0.05, 0) is 12.5 Å². The largest absolute Gasteiger partial charge is 0.463 e. The van der Waals surface area contributed by atoms with Crippen molar-refractivity contribution in [2.24, 2.45) is 0 Å². The Labute approximate surface area is 114 Å². The van der Waals surface area contributed by atoms with Crippen molar-refractivity contribution in [1.82, 2.24) is 15.0 Å². The molecular weight excluding hydrogens is 264 g/mol. The fraction of sp³-hybridized carbons (Fsp3) is 0.333. The SMILES string of the molecule is CCC(Nc1ccnc(C(=O)OC)n1)c1nccs1. The first-order valence-corrected chi connectivity index (χ1v) is 6.69. The molecule has 7 heteroatoms. The highest BCUT2D eigenvalue weighted by Crippen LogP contribution is 2.22. The minimum Gasteiger partial charge on any atom is -0.463 e. The molecule has 0 bridgehead atoms. The number of thiazole rings is 1. The predicted octanol–water partition coefficient (Wildman–Crippen LogP) is 2.28. The molecule has 100 valence electrons. The Balaban J connectivity index is 2.16. The molecule has 0 aliphatic heterocycles. The van der Waals surface area contributed by atoms with Crippen molar-refractivity contribution in [2.75, 3.05) is 12.4 Å². The third kappa shape index (κ3) is 3.25. The maximum absolute atomic E-state index is 11.4. The Kier molecular flexibility index (Phi) is 4.40. The molecule has 0 radical (unpaired) electrons. The maximum atomic E-state index is 11.4. The van der Waals surface area contributed by atoms with E-state index in [9.17, 15) is 4.79 Å². The first-order valence-electron chi connectivity index (χ1n) is 5.82. The Bertz CT molecular complexity index is 544. The molecule has 0 saturated heterocycles. The molecule has 19 heavy (non-hydrogen) atoms. The summed E-state index contributed by atoms with van der Waals surface area (Å²) < 4.78 is 4.59. The van der Waals surface area contributed by atoms with Crippen LogP contribution < -0.4 is 5.32 Å². The summed E-state index contributed by atoms with van der Waals surface area (Å²) in [5, 5.41) is 6.16. The number of esters is 1. The van der Waals surface area contributed by atoms with Gasteiger partial charge in [-0.15, -0.1) is 11.3 Å². The molecule has 1 unspecified atom stereocenters. The molecule has 0 aliphatic rings. The Hall–Kier alpha value is -2.02. The number of ether oxygens (including phenoxy) is 1. The minimum absolute atomic E-state index is 0.0430. The number of anilines is 1. The van der Waals surface area contributed by atoms with Gasteiger partial charge in [-0.2, -0.15) is 0 Å². The van der Waals surface area contributed by atoms with E-state index >= 15 is 0 Å². The van der Waals surface area contributed by atoms with Gasteiger partial charge in [0.25, 0.3) is 0 Å². The van der Waals surface area contributed by atoms with E-state index in [1.165, 1.54) is 13.3 Å². The summed E-state index contributed by atoms with van der Waals surface area (Å²) >= 11 is 1.58. The van der Waals surface area contributed by atoms with Crippen LogP contribution in [0.3, 0.4) is 0 Å². The molecule has 2 aromatic rings. The smallest absolute Gasteiger partial charge is 0.376 e. The number of nitrogens with zero attached hydrogens (tertiary/aromatic N) is 3. The Morgan fingerprint density at radius 3 is 2.95 bits per heavy atom. The second-order valence-corrected chi connectivity index (χ2v) is 4.66. The molecule has 1 atom stereocenters. The molecular formula is C12H14N4O2S. The molecule has 2 aromatic heterocycles. The summed E-state index contributed by atoms with van der Waals surface area (Å²) in [4.78, 5) is 23.6. The lowest BCUT2D eigenvalue weighted by Gasteiger charge is -2.15. The van der Waals surface area contributed by atoms with Crippen LogP contribution in [0, 0.1) is 0 Å². The standard InChI is InChI=1S/C12H14N4O2S/c1-3-8(11-14-6-7-19-11)15-9-4-5-13-10(16-9)12(17)18-2/h4-8H,3H2,1-2H3,(H,13,15,16). The molecule has 0 spiro atoms. The monoisotopic (exact) mass is 278 g/mol. The van der Waals surface area contributed by atoms with Gasteiger partial charge in [0.1, 0.15) is 10.8 Å². The number of nitrogens with one attached hydrogen (secondary N) is 1. The lowest BCUT2D eigenvalue weighted by molar-refractivity contribution is 0.0587. The number of hydrogen-bond acceptors (Lipinski definition) is 7. The average Bonchev–Trinajstić information content (AvgIpc) is 2.98. The summed E-state index contributed by atoms with van der Waals surface area (Å²) in [6, 6.07) is 1.78. The number of rotatable bonds is 5. The topological polar surface area (TPSA) is 77.0 Å². The van der Waals surface area contributed by atoms with Crippen molar-refractivity contribution in [1.29, 1.82) is 0 Å². The van der Waals surface area contributed by atoms with Crippen LogP contribution in [0.15, 0.2) is 23.8 Å². The Morgan fingerprint density at radius 1 is 1.47 bits per heavy atom. The lowest BCUT2D eigenvalue weighted by Crippen LogP contribution is -2.13. The van der Waals surface area contributed by atoms with E-state index in [1.54, 1.807) is 23.6 Å². The molecule has 2 heterocycles. The summed E-state index contributed by atoms with van der Waals surface area (Å²) in [5.41, 5.74) is 0. The van der Waals surface area contributed by atoms with E-state index in [4.69, 9.17) is 0 Å². The number of aromatic nitrogens is 3. The molecule has 0 saturated carbocycles. The van der Waals surface area contributed by atoms with Crippen molar-refractivity contribution >= 4 is 23.1 Å². The van der Waals surface area contributed by atoms with Gasteiger partial charge in [0.2, 0.25) is 5.82 Å². The van der Waals surface area contributed by atoms with E-state index in [2.05, 4.69) is 31.9 Å². The average molecular weight is 278 g/mol. The number of carbonyl (C=O) groups is 1. The summed E-state index contributed by atoms with van der Waals surface area (Å²) in [6.07, 6.45) is 4.16. The molecule has 0 aliphatic carbocycles. The molecule has 1 N–H and O–H groups in total. The maximum Gasteiger partial charge on any atom is 0.376 e. The van der Waals surface area contributed by atoms with Crippen molar-refractivity contribution in [3.63, 3.8) is 0 Å². The van der Waals surface area contributed by atoms with Gasteiger partial charge in [0.05, 0.1) is 13.2 Å². The molecule has 6 nitrogen and oxygen atoms in total. The van der Waals surface area contributed by atoms with Gasteiger partial charge in [-0.25, -0.2) is 19.7 Å². The number of carbonyl (C=O) groups excluding carboxylic acids is 1. The second kappa shape index (κ2) is 6.24. The number of methoxy groups -OCH3 is 1. The van der Waals surface area contributed by atoms with Crippen molar-refractivity contribution in [2.45, 2.75) is 19.4 Å². The molecule has 2 rings (SSSR count). The van der Waals surface area contributed by atoms with Gasteiger partial charge >= 0.3 is 5.97 Å². The van der Waals surface area contributed by atoms with Gasteiger partial charge in [0.15, 0.2) is 0 Å². The van der Waals surface area contributed by atoms with E-state index in [-0.39, 0.29) is 11.9 Å². The highest BCUT2D eigenvalue weighted by Gasteiger charge is 2.14. The molecule has 0 fully saturated rings. The lowest BCUT2D eigenvalue weighted by atomic mass is 10.2. The Morgan fingerprint density at radius 2 is 2.32 bits per heavy atom. The van der Waals surface area contributed by atoms with Gasteiger partial charge in [0, 0.05) is 17.8 Å². The van der Waals surface area contributed by atoms with Gasteiger partial charge in [-0.3, -0.25) is 0 Å². The van der Waals surface area contributed by atoms with Crippen LogP contribution in [-0.2, 0) is 4.74 Å². The van der Waals surface area contributed by atoms with Crippen LogP contribution in [0.4, 0.5) is 5.82 Å². The van der Waals surface area contributed by atoms with E-state index in [1.807, 2.05) is 5.38 Å². The summed E-state index contributed by atoms with van der Waals surface area (Å²) in [5.74, 6) is 0.0740. The second-order valence-electron chi connectivity index (χ2n) is 3.73. The van der Waals surface area contributed by atoms with Crippen LogP contribution in [0.1, 0.15) is 35.0 Å². The fourth-order valence-electron chi connectivity index (χ4n) is 1.55. The first kappa shape index (κ1) is 13.4. The van der Waals surface area contributed by atoms with Crippen molar-refractivity contribution in [3.8, 4) is 0 Å². The third-order valence-corrected chi connectivity index (χ3v) is 3.39. The van der Waals surface area contributed by atoms with Crippen molar-refractivity contribution in [3.05, 3.63) is 34.7 Å². The number of hydrogen-bond donors (Lipinski definition) is 1. The van der Waals surface area contributed by atoms with Crippen LogP contribution in [0.25, 0.3) is 0 Å². The highest BCUT2D eigenvalue weighted by atomic mass is 32.1.